The zero-order chi connectivity index (χ0) is 14.6. The molecule has 1 N–H and O–H groups in total. The summed E-state index contributed by atoms with van der Waals surface area (Å²) in [6.45, 7) is 12.0. The molecule has 2 heteroatoms. The second kappa shape index (κ2) is 7.26. The molecular formula is C18H36N2. The van der Waals surface area contributed by atoms with Crippen LogP contribution in [0.3, 0.4) is 0 Å². The fraction of sp³-hybridized carbons (Fsp3) is 1.00. The van der Waals surface area contributed by atoms with Gasteiger partial charge in [-0.15, -0.1) is 0 Å². The molecule has 0 spiro atoms. The van der Waals surface area contributed by atoms with Gasteiger partial charge in [-0.05, 0) is 45.4 Å². The smallest absolute Gasteiger partial charge is 0.0278 e. The molecule has 0 aromatic rings. The summed E-state index contributed by atoms with van der Waals surface area (Å²) in [5, 5.41) is 3.88. The predicted molar refractivity (Wildman–Crippen MR) is 88.1 cm³/mol. The Kier molecular flexibility index (Phi) is 5.92. The molecule has 2 fully saturated rings. The molecule has 2 nitrogen and oxygen atoms in total. The summed E-state index contributed by atoms with van der Waals surface area (Å²) in [6.07, 6.45) is 11.2. The first-order valence-electron chi connectivity index (χ1n) is 9.10. The lowest BCUT2D eigenvalue weighted by molar-refractivity contribution is 0.0109. The van der Waals surface area contributed by atoms with Crippen molar-refractivity contribution in [2.75, 3.05) is 13.1 Å². The summed E-state index contributed by atoms with van der Waals surface area (Å²) in [7, 11) is 0. The second-order valence-corrected chi connectivity index (χ2v) is 7.57. The minimum Gasteiger partial charge on any atom is -0.309 e. The summed E-state index contributed by atoms with van der Waals surface area (Å²) in [5.41, 5.74) is 0.327. The van der Waals surface area contributed by atoms with Crippen molar-refractivity contribution < 1.29 is 0 Å². The van der Waals surface area contributed by atoms with E-state index >= 15 is 0 Å². The summed E-state index contributed by atoms with van der Waals surface area (Å²) >= 11 is 0. The Labute approximate surface area is 126 Å². The third-order valence-corrected chi connectivity index (χ3v) is 5.94. The van der Waals surface area contributed by atoms with Gasteiger partial charge in [0.1, 0.15) is 0 Å². The number of piperazine rings is 1. The van der Waals surface area contributed by atoms with Crippen LogP contribution in [0.15, 0.2) is 0 Å². The molecule has 1 aliphatic heterocycles. The summed E-state index contributed by atoms with van der Waals surface area (Å²) < 4.78 is 0. The molecule has 1 saturated carbocycles. The second-order valence-electron chi connectivity index (χ2n) is 7.57. The van der Waals surface area contributed by atoms with Gasteiger partial charge in [0.2, 0.25) is 0 Å². The third-order valence-electron chi connectivity index (χ3n) is 5.94. The van der Waals surface area contributed by atoms with Gasteiger partial charge in [-0.25, -0.2) is 0 Å². The summed E-state index contributed by atoms with van der Waals surface area (Å²) in [5.74, 6) is 0.942. The quantitative estimate of drug-likeness (QED) is 0.812. The fourth-order valence-electron chi connectivity index (χ4n) is 4.30. The Balaban J connectivity index is 2.07. The molecule has 0 radical (unpaired) electrons. The molecule has 1 aliphatic carbocycles. The maximum atomic E-state index is 3.88. The van der Waals surface area contributed by atoms with Crippen LogP contribution >= 0.6 is 0 Å². The topological polar surface area (TPSA) is 15.3 Å². The lowest BCUT2D eigenvalue weighted by atomic mass is 9.80. The van der Waals surface area contributed by atoms with Crippen molar-refractivity contribution >= 4 is 0 Å². The monoisotopic (exact) mass is 280 g/mol. The highest BCUT2D eigenvalue weighted by molar-refractivity contribution is 4.98. The van der Waals surface area contributed by atoms with Gasteiger partial charge >= 0.3 is 0 Å². The van der Waals surface area contributed by atoms with Crippen LogP contribution in [0, 0.1) is 5.92 Å². The first-order chi connectivity index (χ1) is 9.59. The van der Waals surface area contributed by atoms with Crippen molar-refractivity contribution in [1.82, 2.24) is 10.2 Å². The molecule has 0 bridgehead atoms. The van der Waals surface area contributed by atoms with E-state index in [4.69, 9.17) is 0 Å². The van der Waals surface area contributed by atoms with E-state index in [9.17, 15) is 0 Å². The van der Waals surface area contributed by atoms with E-state index in [2.05, 4.69) is 37.9 Å². The number of rotatable bonds is 5. The number of nitrogens with one attached hydrogen (secondary N) is 1. The SMILES string of the molecule is CCCC(C)N1CC(C)(CC)NCC1C1CCCCC1. The highest BCUT2D eigenvalue weighted by atomic mass is 15.3. The van der Waals surface area contributed by atoms with Crippen molar-refractivity contribution in [2.24, 2.45) is 5.92 Å². The fourth-order valence-corrected chi connectivity index (χ4v) is 4.30. The van der Waals surface area contributed by atoms with E-state index in [-0.39, 0.29) is 0 Å². The van der Waals surface area contributed by atoms with Crippen molar-refractivity contribution in [3.63, 3.8) is 0 Å². The Hall–Kier alpha value is -0.0800. The highest BCUT2D eigenvalue weighted by Gasteiger charge is 2.39. The lowest BCUT2D eigenvalue weighted by Crippen LogP contribution is -2.66. The highest BCUT2D eigenvalue weighted by Crippen LogP contribution is 2.33. The van der Waals surface area contributed by atoms with Crippen LogP contribution in [0.4, 0.5) is 0 Å². The molecule has 2 rings (SSSR count). The van der Waals surface area contributed by atoms with Gasteiger partial charge in [-0.2, -0.15) is 0 Å². The first kappa shape index (κ1) is 16.3. The lowest BCUT2D eigenvalue weighted by Gasteiger charge is -2.51. The maximum absolute atomic E-state index is 3.88. The van der Waals surface area contributed by atoms with Gasteiger partial charge in [0.15, 0.2) is 0 Å². The zero-order valence-corrected chi connectivity index (χ0v) is 14.3. The van der Waals surface area contributed by atoms with Crippen LogP contribution in [-0.4, -0.2) is 35.6 Å². The van der Waals surface area contributed by atoms with Gasteiger partial charge < -0.3 is 5.32 Å². The Morgan fingerprint density at radius 2 is 1.90 bits per heavy atom. The van der Waals surface area contributed by atoms with Gasteiger partial charge in [0.05, 0.1) is 0 Å². The molecule has 118 valence electrons. The molecule has 3 atom stereocenters. The van der Waals surface area contributed by atoms with Gasteiger partial charge in [0.25, 0.3) is 0 Å². The van der Waals surface area contributed by atoms with Gasteiger partial charge in [-0.1, -0.05) is 39.5 Å². The Morgan fingerprint density at radius 1 is 1.20 bits per heavy atom. The summed E-state index contributed by atoms with van der Waals surface area (Å²) in [6, 6.07) is 1.54. The van der Waals surface area contributed by atoms with Crippen LogP contribution in [-0.2, 0) is 0 Å². The molecule has 0 aromatic carbocycles. The van der Waals surface area contributed by atoms with Gasteiger partial charge in [0, 0.05) is 30.7 Å². The number of nitrogens with zero attached hydrogens (tertiary/aromatic N) is 1. The standard InChI is InChI=1S/C18H36N2/c1-5-10-15(3)20-14-18(4,6-2)19-13-17(20)16-11-8-7-9-12-16/h15-17,19H,5-14H2,1-4H3. The molecule has 1 heterocycles. The minimum absolute atomic E-state index is 0.327. The predicted octanol–water partition coefficient (Wildman–Crippen LogP) is 4.20. The van der Waals surface area contributed by atoms with E-state index < -0.39 is 0 Å². The van der Waals surface area contributed by atoms with E-state index in [0.717, 1.165) is 18.0 Å². The van der Waals surface area contributed by atoms with Crippen molar-refractivity contribution in [2.45, 2.75) is 96.7 Å². The van der Waals surface area contributed by atoms with Crippen molar-refractivity contribution in [3.8, 4) is 0 Å². The van der Waals surface area contributed by atoms with Crippen LogP contribution in [0.2, 0.25) is 0 Å². The normalized spacial score (nSPS) is 35.1. The molecule has 3 unspecified atom stereocenters. The molecule has 0 amide bonds. The minimum atomic E-state index is 0.327. The van der Waals surface area contributed by atoms with E-state index in [0.29, 0.717) is 5.54 Å². The zero-order valence-electron chi connectivity index (χ0n) is 14.3. The van der Waals surface area contributed by atoms with E-state index in [1.807, 2.05) is 0 Å². The Bertz CT molecular complexity index is 285. The average Bonchev–Trinajstić information content (AvgIpc) is 2.48. The Morgan fingerprint density at radius 3 is 2.50 bits per heavy atom. The molecular weight excluding hydrogens is 244 g/mol. The third kappa shape index (κ3) is 3.76. The summed E-state index contributed by atoms with van der Waals surface area (Å²) in [4.78, 5) is 2.87. The number of hydrogen-bond donors (Lipinski definition) is 1. The first-order valence-corrected chi connectivity index (χ1v) is 9.10. The average molecular weight is 281 g/mol. The molecule has 0 aromatic heterocycles. The molecule has 1 saturated heterocycles. The van der Waals surface area contributed by atoms with E-state index in [1.165, 1.54) is 64.5 Å². The molecule has 2 aliphatic rings. The van der Waals surface area contributed by atoms with Crippen LogP contribution in [0.1, 0.15) is 79.1 Å². The maximum Gasteiger partial charge on any atom is 0.0278 e. The largest absolute Gasteiger partial charge is 0.309 e. The van der Waals surface area contributed by atoms with Crippen LogP contribution in [0.25, 0.3) is 0 Å². The van der Waals surface area contributed by atoms with Crippen LogP contribution < -0.4 is 5.32 Å². The molecule has 20 heavy (non-hydrogen) atoms. The van der Waals surface area contributed by atoms with Crippen molar-refractivity contribution in [1.29, 1.82) is 0 Å². The number of hydrogen-bond acceptors (Lipinski definition) is 2. The van der Waals surface area contributed by atoms with Gasteiger partial charge in [-0.3, -0.25) is 4.90 Å². The van der Waals surface area contributed by atoms with Crippen molar-refractivity contribution in [3.05, 3.63) is 0 Å². The van der Waals surface area contributed by atoms with E-state index in [1.54, 1.807) is 0 Å². The van der Waals surface area contributed by atoms with Crippen LogP contribution in [0.5, 0.6) is 0 Å².